The Kier molecular flexibility index (Phi) is 5.13. The zero-order valence-corrected chi connectivity index (χ0v) is 12.6. The molecule has 110 valence electrons. The molecule has 5 nitrogen and oxygen atoms in total. The van der Waals surface area contributed by atoms with Crippen LogP contribution < -0.4 is 10.6 Å². The summed E-state index contributed by atoms with van der Waals surface area (Å²) in [6, 6.07) is 6.76. The number of rotatable bonds is 3. The standard InChI is InChI=1S/C15H22N2O3/c1-10-6-8-12(9-7-10)17-13(18)11(2)16-14(19)20-15(3,4)5/h6-9,11H,1-5H3,(H,16,19)(H,17,18)/t11-/m1/s1. The molecule has 2 N–H and O–H groups in total. The van der Waals surface area contributed by atoms with Crippen LogP contribution in [0.3, 0.4) is 0 Å². The van der Waals surface area contributed by atoms with E-state index in [-0.39, 0.29) is 5.91 Å². The average Bonchev–Trinajstić information content (AvgIpc) is 2.29. The van der Waals surface area contributed by atoms with Crippen LogP contribution >= 0.6 is 0 Å². The van der Waals surface area contributed by atoms with Gasteiger partial charge in [-0.2, -0.15) is 0 Å². The highest BCUT2D eigenvalue weighted by atomic mass is 16.6. The van der Waals surface area contributed by atoms with E-state index in [1.165, 1.54) is 0 Å². The first-order valence-corrected chi connectivity index (χ1v) is 6.54. The predicted octanol–water partition coefficient (Wildman–Crippen LogP) is 2.85. The number of ether oxygens (including phenoxy) is 1. The minimum Gasteiger partial charge on any atom is -0.444 e. The van der Waals surface area contributed by atoms with Gasteiger partial charge in [0, 0.05) is 5.69 Å². The molecule has 0 unspecified atom stereocenters. The highest BCUT2D eigenvalue weighted by Crippen LogP contribution is 2.09. The van der Waals surface area contributed by atoms with Crippen LogP contribution in [0.2, 0.25) is 0 Å². The molecule has 0 aliphatic carbocycles. The lowest BCUT2D eigenvalue weighted by Gasteiger charge is -2.21. The Labute approximate surface area is 119 Å². The second-order valence-corrected chi connectivity index (χ2v) is 5.72. The molecule has 1 atom stereocenters. The van der Waals surface area contributed by atoms with Crippen LogP contribution in [0.15, 0.2) is 24.3 Å². The van der Waals surface area contributed by atoms with Gasteiger partial charge in [-0.15, -0.1) is 0 Å². The number of aryl methyl sites for hydroxylation is 1. The number of hydrogen-bond acceptors (Lipinski definition) is 3. The van der Waals surface area contributed by atoms with E-state index < -0.39 is 17.7 Å². The van der Waals surface area contributed by atoms with Gasteiger partial charge in [0.15, 0.2) is 0 Å². The maximum absolute atomic E-state index is 11.9. The number of anilines is 1. The zero-order valence-electron chi connectivity index (χ0n) is 12.6. The van der Waals surface area contributed by atoms with Crippen LogP contribution in [0.4, 0.5) is 10.5 Å². The molecule has 0 saturated heterocycles. The second kappa shape index (κ2) is 6.41. The van der Waals surface area contributed by atoms with Crippen molar-refractivity contribution in [1.29, 1.82) is 0 Å². The molecule has 0 saturated carbocycles. The summed E-state index contributed by atoms with van der Waals surface area (Å²) in [5, 5.41) is 5.22. The Morgan fingerprint density at radius 3 is 2.20 bits per heavy atom. The van der Waals surface area contributed by atoms with Gasteiger partial charge in [0.05, 0.1) is 0 Å². The van der Waals surface area contributed by atoms with Crippen LogP contribution in [0, 0.1) is 6.92 Å². The van der Waals surface area contributed by atoms with E-state index in [0.29, 0.717) is 5.69 Å². The molecule has 1 rings (SSSR count). The predicted molar refractivity (Wildman–Crippen MR) is 78.6 cm³/mol. The van der Waals surface area contributed by atoms with Crippen molar-refractivity contribution in [1.82, 2.24) is 5.32 Å². The van der Waals surface area contributed by atoms with Crippen LogP contribution in [-0.2, 0) is 9.53 Å². The van der Waals surface area contributed by atoms with E-state index >= 15 is 0 Å². The molecular formula is C15H22N2O3. The van der Waals surface area contributed by atoms with Gasteiger partial charge >= 0.3 is 6.09 Å². The molecule has 0 aromatic heterocycles. The smallest absolute Gasteiger partial charge is 0.408 e. The van der Waals surface area contributed by atoms with Gasteiger partial charge in [0.2, 0.25) is 5.91 Å². The summed E-state index contributed by atoms with van der Waals surface area (Å²) in [6.45, 7) is 8.88. The molecule has 1 aromatic rings. The molecule has 2 amide bonds. The van der Waals surface area contributed by atoms with Crippen molar-refractivity contribution in [3.8, 4) is 0 Å². The minimum atomic E-state index is -0.675. The van der Waals surface area contributed by atoms with Gasteiger partial charge in [0.25, 0.3) is 0 Å². The fourth-order valence-corrected chi connectivity index (χ4v) is 1.44. The second-order valence-electron chi connectivity index (χ2n) is 5.72. The third kappa shape index (κ3) is 5.73. The third-order valence-corrected chi connectivity index (χ3v) is 2.45. The minimum absolute atomic E-state index is 0.292. The summed E-state index contributed by atoms with van der Waals surface area (Å²) in [5.74, 6) is -0.292. The topological polar surface area (TPSA) is 67.4 Å². The Bertz CT molecular complexity index is 475. The lowest BCUT2D eigenvalue weighted by atomic mass is 10.2. The molecule has 0 heterocycles. The first-order chi connectivity index (χ1) is 9.17. The van der Waals surface area contributed by atoms with Crippen molar-refractivity contribution in [2.24, 2.45) is 0 Å². The first-order valence-electron chi connectivity index (χ1n) is 6.54. The van der Waals surface area contributed by atoms with Gasteiger partial charge in [0.1, 0.15) is 11.6 Å². The van der Waals surface area contributed by atoms with Gasteiger partial charge < -0.3 is 15.4 Å². The first kappa shape index (κ1) is 16.0. The largest absolute Gasteiger partial charge is 0.444 e. The summed E-state index contributed by atoms with van der Waals surface area (Å²) >= 11 is 0. The monoisotopic (exact) mass is 278 g/mol. The molecule has 0 fully saturated rings. The number of benzene rings is 1. The zero-order chi connectivity index (χ0) is 15.3. The number of carbonyl (C=O) groups is 2. The van der Waals surface area contributed by atoms with Crippen molar-refractivity contribution < 1.29 is 14.3 Å². The fourth-order valence-electron chi connectivity index (χ4n) is 1.44. The summed E-state index contributed by atoms with van der Waals surface area (Å²) in [7, 11) is 0. The lowest BCUT2D eigenvalue weighted by Crippen LogP contribution is -2.43. The van der Waals surface area contributed by atoms with Crippen molar-refractivity contribution >= 4 is 17.7 Å². The normalized spacial score (nSPS) is 12.4. The average molecular weight is 278 g/mol. The Morgan fingerprint density at radius 1 is 1.15 bits per heavy atom. The maximum atomic E-state index is 11.9. The summed E-state index contributed by atoms with van der Waals surface area (Å²) in [4.78, 5) is 23.5. The molecule has 0 bridgehead atoms. The van der Waals surface area contributed by atoms with Crippen LogP contribution in [0.1, 0.15) is 33.3 Å². The van der Waals surface area contributed by atoms with E-state index in [4.69, 9.17) is 4.74 Å². The Balaban J connectivity index is 2.51. The van der Waals surface area contributed by atoms with Crippen LogP contribution in [0.5, 0.6) is 0 Å². The summed E-state index contributed by atoms with van der Waals surface area (Å²) < 4.78 is 5.09. The van der Waals surface area contributed by atoms with Crippen molar-refractivity contribution in [3.05, 3.63) is 29.8 Å². The van der Waals surface area contributed by atoms with Crippen LogP contribution in [-0.4, -0.2) is 23.6 Å². The fraction of sp³-hybridized carbons (Fsp3) is 0.467. The summed E-state index contributed by atoms with van der Waals surface area (Å²) in [5.41, 5.74) is 1.22. The van der Waals surface area contributed by atoms with Gasteiger partial charge in [-0.25, -0.2) is 4.79 Å². The summed E-state index contributed by atoms with van der Waals surface area (Å²) in [6.07, 6.45) is -0.607. The number of alkyl carbamates (subject to hydrolysis) is 1. The lowest BCUT2D eigenvalue weighted by molar-refractivity contribution is -0.117. The van der Waals surface area contributed by atoms with E-state index in [2.05, 4.69) is 10.6 Å². The molecule has 5 heteroatoms. The molecule has 1 aromatic carbocycles. The third-order valence-electron chi connectivity index (χ3n) is 2.45. The molecular weight excluding hydrogens is 256 g/mol. The number of carbonyl (C=O) groups excluding carboxylic acids is 2. The number of amides is 2. The van der Waals surface area contributed by atoms with E-state index in [9.17, 15) is 9.59 Å². The number of hydrogen-bond donors (Lipinski definition) is 2. The Morgan fingerprint density at radius 2 is 1.70 bits per heavy atom. The van der Waals surface area contributed by atoms with Crippen LogP contribution in [0.25, 0.3) is 0 Å². The SMILES string of the molecule is Cc1ccc(NC(=O)[C@@H](C)NC(=O)OC(C)(C)C)cc1. The van der Waals surface area contributed by atoms with Gasteiger partial charge in [-0.1, -0.05) is 17.7 Å². The van der Waals surface area contributed by atoms with E-state index in [0.717, 1.165) is 5.56 Å². The van der Waals surface area contributed by atoms with Crippen molar-refractivity contribution in [2.75, 3.05) is 5.32 Å². The van der Waals surface area contributed by atoms with E-state index in [1.807, 2.05) is 31.2 Å². The van der Waals surface area contributed by atoms with Gasteiger partial charge in [-0.3, -0.25) is 4.79 Å². The highest BCUT2D eigenvalue weighted by Gasteiger charge is 2.20. The molecule has 0 aliphatic rings. The molecule has 20 heavy (non-hydrogen) atoms. The molecule has 0 radical (unpaired) electrons. The van der Waals surface area contributed by atoms with Crippen molar-refractivity contribution in [3.63, 3.8) is 0 Å². The Hall–Kier alpha value is -2.04. The molecule has 0 aliphatic heterocycles. The number of nitrogens with one attached hydrogen (secondary N) is 2. The molecule has 0 spiro atoms. The van der Waals surface area contributed by atoms with Gasteiger partial charge in [-0.05, 0) is 46.8 Å². The maximum Gasteiger partial charge on any atom is 0.408 e. The van der Waals surface area contributed by atoms with E-state index in [1.54, 1.807) is 27.7 Å². The van der Waals surface area contributed by atoms with Crippen molar-refractivity contribution in [2.45, 2.75) is 46.3 Å². The quantitative estimate of drug-likeness (QED) is 0.893. The highest BCUT2D eigenvalue weighted by molar-refractivity contribution is 5.96.